The van der Waals surface area contributed by atoms with Crippen LogP contribution in [0.25, 0.3) is 0 Å². The quantitative estimate of drug-likeness (QED) is 0.861. The van der Waals surface area contributed by atoms with E-state index in [4.69, 9.17) is 4.74 Å². The summed E-state index contributed by atoms with van der Waals surface area (Å²) in [5, 5.41) is 12.3. The van der Waals surface area contributed by atoms with Gasteiger partial charge in [-0.25, -0.2) is 4.39 Å². The largest absolute Gasteiger partial charge is 0.478 e. The minimum atomic E-state index is -1.17. The number of aliphatic hydroxyl groups is 1. The maximum absolute atomic E-state index is 12.9. The molecule has 23 heavy (non-hydrogen) atoms. The zero-order valence-electron chi connectivity index (χ0n) is 13.1. The average Bonchev–Trinajstić information content (AvgIpc) is 2.55. The minimum Gasteiger partial charge on any atom is -0.478 e. The van der Waals surface area contributed by atoms with E-state index in [-0.39, 0.29) is 18.3 Å². The molecule has 4 nitrogen and oxygen atoms in total. The number of aliphatic hydroxyl groups excluding tert-OH is 1. The van der Waals surface area contributed by atoms with Gasteiger partial charge in [-0.1, -0.05) is 30.3 Å². The van der Waals surface area contributed by atoms with Gasteiger partial charge in [-0.15, -0.1) is 0 Å². The van der Waals surface area contributed by atoms with Crippen molar-refractivity contribution in [1.29, 1.82) is 0 Å². The number of nitrogens with one attached hydrogen (secondary N) is 1. The highest BCUT2D eigenvalue weighted by atomic mass is 19.1. The van der Waals surface area contributed by atoms with Crippen molar-refractivity contribution in [3.63, 3.8) is 0 Å². The molecule has 2 rings (SSSR count). The fourth-order valence-corrected chi connectivity index (χ4v) is 2.10. The highest BCUT2D eigenvalue weighted by Gasteiger charge is 2.31. The number of halogens is 1. The topological polar surface area (TPSA) is 58.6 Å². The van der Waals surface area contributed by atoms with Gasteiger partial charge in [0.25, 0.3) is 5.91 Å². The summed E-state index contributed by atoms with van der Waals surface area (Å²) < 4.78 is 18.6. The Morgan fingerprint density at radius 3 is 2.35 bits per heavy atom. The monoisotopic (exact) mass is 317 g/mol. The Morgan fingerprint density at radius 1 is 1.17 bits per heavy atom. The SMILES string of the molecule is CC(C)(Oc1ccc(F)cc1)C(=O)N[C@H](CO)c1ccccc1. The number of carbonyl (C=O) groups is 1. The zero-order valence-corrected chi connectivity index (χ0v) is 13.1. The maximum atomic E-state index is 12.9. The van der Waals surface area contributed by atoms with Gasteiger partial charge >= 0.3 is 0 Å². The van der Waals surface area contributed by atoms with Gasteiger partial charge in [0.15, 0.2) is 5.60 Å². The van der Waals surface area contributed by atoms with Gasteiger partial charge in [0.05, 0.1) is 12.6 Å². The number of benzene rings is 2. The lowest BCUT2D eigenvalue weighted by atomic mass is 10.0. The number of rotatable bonds is 6. The Morgan fingerprint density at radius 2 is 1.78 bits per heavy atom. The zero-order chi connectivity index (χ0) is 16.9. The normalized spacial score (nSPS) is 12.5. The fraction of sp³-hybridized carbons (Fsp3) is 0.278. The van der Waals surface area contributed by atoms with Crippen LogP contribution >= 0.6 is 0 Å². The highest BCUT2D eigenvalue weighted by molar-refractivity contribution is 5.85. The summed E-state index contributed by atoms with van der Waals surface area (Å²) in [6.07, 6.45) is 0. The van der Waals surface area contributed by atoms with Gasteiger partial charge in [0, 0.05) is 0 Å². The number of ether oxygens (including phenoxy) is 1. The third kappa shape index (κ3) is 4.53. The van der Waals surface area contributed by atoms with Crippen molar-refractivity contribution in [2.24, 2.45) is 0 Å². The molecule has 0 aliphatic rings. The molecule has 0 unspecified atom stereocenters. The van der Waals surface area contributed by atoms with Crippen LogP contribution < -0.4 is 10.1 Å². The Labute approximate surface area is 134 Å². The smallest absolute Gasteiger partial charge is 0.264 e. The molecule has 0 saturated heterocycles. The van der Waals surface area contributed by atoms with Crippen LogP contribution in [-0.4, -0.2) is 23.2 Å². The molecule has 2 aromatic carbocycles. The molecule has 0 aromatic heterocycles. The van der Waals surface area contributed by atoms with Crippen molar-refractivity contribution in [3.8, 4) is 5.75 Å². The molecular weight excluding hydrogens is 297 g/mol. The molecule has 122 valence electrons. The lowest BCUT2D eigenvalue weighted by molar-refractivity contribution is -0.135. The first-order chi connectivity index (χ1) is 10.9. The van der Waals surface area contributed by atoms with Crippen molar-refractivity contribution in [3.05, 3.63) is 66.0 Å². The van der Waals surface area contributed by atoms with Crippen molar-refractivity contribution in [1.82, 2.24) is 5.32 Å². The Balaban J connectivity index is 2.06. The predicted octanol–water partition coefficient (Wildman–Crippen LogP) is 2.83. The van der Waals surface area contributed by atoms with E-state index in [0.29, 0.717) is 5.75 Å². The molecule has 1 atom stereocenters. The van der Waals surface area contributed by atoms with Crippen molar-refractivity contribution in [2.75, 3.05) is 6.61 Å². The Kier molecular flexibility index (Phi) is 5.34. The van der Waals surface area contributed by atoms with Gasteiger partial charge in [-0.3, -0.25) is 4.79 Å². The van der Waals surface area contributed by atoms with Crippen LogP contribution in [0, 0.1) is 5.82 Å². The van der Waals surface area contributed by atoms with E-state index in [1.165, 1.54) is 24.3 Å². The minimum absolute atomic E-state index is 0.220. The van der Waals surface area contributed by atoms with Crippen LogP contribution in [0.1, 0.15) is 25.5 Å². The van der Waals surface area contributed by atoms with Gasteiger partial charge in [0.1, 0.15) is 11.6 Å². The third-order valence-corrected chi connectivity index (χ3v) is 3.42. The van der Waals surface area contributed by atoms with Gasteiger partial charge in [-0.05, 0) is 43.7 Å². The van der Waals surface area contributed by atoms with Crippen LogP contribution in [0.5, 0.6) is 5.75 Å². The van der Waals surface area contributed by atoms with E-state index in [9.17, 15) is 14.3 Å². The second-order valence-electron chi connectivity index (χ2n) is 5.69. The van der Waals surface area contributed by atoms with E-state index >= 15 is 0 Å². The molecule has 2 N–H and O–H groups in total. The standard InChI is InChI=1S/C18H20FNO3/c1-18(2,23-15-10-8-14(19)9-11-15)17(22)20-16(12-21)13-6-4-3-5-7-13/h3-11,16,21H,12H2,1-2H3,(H,20,22)/t16-/m1/s1. The molecule has 0 aliphatic carbocycles. The first-order valence-electron chi connectivity index (χ1n) is 7.34. The lowest BCUT2D eigenvalue weighted by Gasteiger charge is -2.28. The molecular formula is C18H20FNO3. The molecule has 0 saturated carbocycles. The second-order valence-corrected chi connectivity index (χ2v) is 5.69. The molecule has 0 fully saturated rings. The van der Waals surface area contributed by atoms with Gasteiger partial charge < -0.3 is 15.2 Å². The summed E-state index contributed by atoms with van der Waals surface area (Å²) in [6, 6.07) is 14.1. The lowest BCUT2D eigenvalue weighted by Crippen LogP contribution is -2.48. The molecule has 0 aliphatic heterocycles. The highest BCUT2D eigenvalue weighted by Crippen LogP contribution is 2.20. The molecule has 0 radical (unpaired) electrons. The van der Waals surface area contributed by atoms with Crippen molar-refractivity contribution < 1.29 is 19.0 Å². The second kappa shape index (κ2) is 7.24. The maximum Gasteiger partial charge on any atom is 0.264 e. The number of hydrogen-bond acceptors (Lipinski definition) is 3. The van der Waals surface area contributed by atoms with E-state index in [1.54, 1.807) is 13.8 Å². The van der Waals surface area contributed by atoms with Gasteiger partial charge in [-0.2, -0.15) is 0 Å². The fourth-order valence-electron chi connectivity index (χ4n) is 2.10. The molecule has 0 bridgehead atoms. The number of hydrogen-bond donors (Lipinski definition) is 2. The molecule has 1 amide bonds. The van der Waals surface area contributed by atoms with E-state index in [2.05, 4.69) is 5.32 Å². The summed E-state index contributed by atoms with van der Waals surface area (Å²) in [6.45, 7) is 3.01. The average molecular weight is 317 g/mol. The van der Waals surface area contributed by atoms with Crippen molar-refractivity contribution in [2.45, 2.75) is 25.5 Å². The summed E-state index contributed by atoms with van der Waals surface area (Å²) in [4.78, 5) is 12.5. The molecule has 0 spiro atoms. The molecule has 2 aromatic rings. The Bertz CT molecular complexity index is 641. The summed E-state index contributed by atoms with van der Waals surface area (Å²) in [5.41, 5.74) is -0.360. The van der Waals surface area contributed by atoms with Crippen LogP contribution in [0.4, 0.5) is 4.39 Å². The number of amides is 1. The number of carbonyl (C=O) groups excluding carboxylic acids is 1. The Hall–Kier alpha value is -2.40. The summed E-state index contributed by atoms with van der Waals surface area (Å²) >= 11 is 0. The van der Waals surface area contributed by atoms with Crippen molar-refractivity contribution >= 4 is 5.91 Å². The van der Waals surface area contributed by atoms with E-state index in [1.807, 2.05) is 30.3 Å². The first-order valence-corrected chi connectivity index (χ1v) is 7.34. The molecule has 5 heteroatoms. The predicted molar refractivity (Wildman–Crippen MR) is 85.5 cm³/mol. The summed E-state index contributed by atoms with van der Waals surface area (Å²) in [7, 11) is 0. The van der Waals surface area contributed by atoms with Crippen LogP contribution in [0.3, 0.4) is 0 Å². The van der Waals surface area contributed by atoms with E-state index < -0.39 is 11.6 Å². The van der Waals surface area contributed by atoms with Gasteiger partial charge in [0.2, 0.25) is 0 Å². The van der Waals surface area contributed by atoms with Crippen LogP contribution in [-0.2, 0) is 4.79 Å². The molecule has 0 heterocycles. The van der Waals surface area contributed by atoms with E-state index in [0.717, 1.165) is 5.56 Å². The third-order valence-electron chi connectivity index (χ3n) is 3.42. The van der Waals surface area contributed by atoms with Crippen LogP contribution in [0.15, 0.2) is 54.6 Å². The first kappa shape index (κ1) is 17.0. The van der Waals surface area contributed by atoms with Crippen LogP contribution in [0.2, 0.25) is 0 Å². The summed E-state index contributed by atoms with van der Waals surface area (Å²) in [5.74, 6) is -0.347.